The number of carbonyl (C=O) groups is 1. The number of fused-ring (bicyclic) bond motifs is 1. The second kappa shape index (κ2) is 7.42. The molecule has 4 heteroatoms. The third-order valence-electron chi connectivity index (χ3n) is 5.00. The Morgan fingerprint density at radius 3 is 2.65 bits per heavy atom. The minimum atomic E-state index is -0.272. The first-order valence-electron chi connectivity index (χ1n) is 8.89. The van der Waals surface area contributed by atoms with Gasteiger partial charge in [-0.15, -0.1) is 11.3 Å². The third-order valence-corrected chi connectivity index (χ3v) is 5.94. The quantitative estimate of drug-likeness (QED) is 0.675. The van der Waals surface area contributed by atoms with Gasteiger partial charge >= 0.3 is 0 Å². The predicted octanol–water partition coefficient (Wildman–Crippen LogP) is 5.21. The number of nitrogens with one attached hydrogen (secondary N) is 1. The van der Waals surface area contributed by atoms with Crippen molar-refractivity contribution in [1.29, 1.82) is 0 Å². The first kappa shape index (κ1) is 17.0. The molecule has 1 aliphatic rings. The Bertz CT molecular complexity index is 889. The van der Waals surface area contributed by atoms with Gasteiger partial charge in [0.25, 0.3) is 0 Å². The summed E-state index contributed by atoms with van der Waals surface area (Å²) < 4.78 is 13.3. The second-order valence-electron chi connectivity index (χ2n) is 6.65. The summed E-state index contributed by atoms with van der Waals surface area (Å²) in [6.07, 6.45) is 2.92. The van der Waals surface area contributed by atoms with E-state index in [0.717, 1.165) is 35.3 Å². The van der Waals surface area contributed by atoms with Crippen LogP contribution in [0.4, 0.5) is 4.39 Å². The molecular weight excluding hydrogens is 345 g/mol. The van der Waals surface area contributed by atoms with Crippen LogP contribution >= 0.6 is 11.3 Å². The lowest BCUT2D eigenvalue weighted by atomic mass is 9.82. The lowest BCUT2D eigenvalue weighted by Crippen LogP contribution is -2.34. The van der Waals surface area contributed by atoms with E-state index in [0.29, 0.717) is 0 Å². The largest absolute Gasteiger partial charge is 0.344 e. The van der Waals surface area contributed by atoms with Gasteiger partial charge in [-0.25, -0.2) is 4.39 Å². The van der Waals surface area contributed by atoms with E-state index >= 15 is 0 Å². The van der Waals surface area contributed by atoms with Crippen LogP contribution in [0.25, 0.3) is 0 Å². The van der Waals surface area contributed by atoms with Gasteiger partial charge in [-0.05, 0) is 59.5 Å². The molecule has 0 bridgehead atoms. The first-order chi connectivity index (χ1) is 12.7. The van der Waals surface area contributed by atoms with Crippen molar-refractivity contribution >= 4 is 17.2 Å². The maximum Gasteiger partial charge on any atom is 0.228 e. The van der Waals surface area contributed by atoms with Crippen LogP contribution in [-0.4, -0.2) is 5.91 Å². The van der Waals surface area contributed by atoms with E-state index in [1.165, 1.54) is 17.7 Å². The molecule has 0 radical (unpaired) electrons. The van der Waals surface area contributed by atoms with Crippen LogP contribution in [0.5, 0.6) is 0 Å². The first-order valence-corrected chi connectivity index (χ1v) is 9.77. The average Bonchev–Trinajstić information content (AvgIpc) is 3.21. The summed E-state index contributed by atoms with van der Waals surface area (Å²) in [5.74, 6) is -0.353. The summed E-state index contributed by atoms with van der Waals surface area (Å²) in [6, 6.07) is 18.3. The zero-order valence-corrected chi connectivity index (χ0v) is 15.1. The highest BCUT2D eigenvalue weighted by atomic mass is 32.1. The predicted molar refractivity (Wildman–Crippen MR) is 103 cm³/mol. The van der Waals surface area contributed by atoms with Gasteiger partial charge in [0.2, 0.25) is 5.91 Å². The topological polar surface area (TPSA) is 29.1 Å². The van der Waals surface area contributed by atoms with Crippen LogP contribution in [0.3, 0.4) is 0 Å². The molecule has 0 aliphatic heterocycles. The fourth-order valence-electron chi connectivity index (χ4n) is 3.70. The van der Waals surface area contributed by atoms with Crippen molar-refractivity contribution in [2.24, 2.45) is 0 Å². The summed E-state index contributed by atoms with van der Waals surface area (Å²) in [7, 11) is 0. The maximum atomic E-state index is 13.3. The van der Waals surface area contributed by atoms with Crippen LogP contribution < -0.4 is 5.32 Å². The van der Waals surface area contributed by atoms with E-state index in [2.05, 4.69) is 17.4 Å². The van der Waals surface area contributed by atoms with Gasteiger partial charge < -0.3 is 5.32 Å². The number of aryl methyl sites for hydroxylation is 1. The summed E-state index contributed by atoms with van der Waals surface area (Å²) in [5, 5.41) is 5.21. The van der Waals surface area contributed by atoms with Gasteiger partial charge in [0.05, 0.1) is 12.0 Å². The van der Waals surface area contributed by atoms with Gasteiger partial charge in [0.15, 0.2) is 0 Å². The number of amides is 1. The smallest absolute Gasteiger partial charge is 0.228 e. The van der Waals surface area contributed by atoms with Gasteiger partial charge in [-0.1, -0.05) is 42.5 Å². The van der Waals surface area contributed by atoms with Crippen molar-refractivity contribution < 1.29 is 9.18 Å². The highest BCUT2D eigenvalue weighted by Crippen LogP contribution is 2.33. The van der Waals surface area contributed by atoms with Gasteiger partial charge in [0.1, 0.15) is 5.82 Å². The fourth-order valence-corrected chi connectivity index (χ4v) is 4.50. The molecule has 132 valence electrons. The average molecular weight is 365 g/mol. The molecular formula is C22H20FNOS. The molecule has 2 nitrogen and oxygen atoms in total. The summed E-state index contributed by atoms with van der Waals surface area (Å²) in [5.41, 5.74) is 3.31. The van der Waals surface area contributed by atoms with E-state index in [9.17, 15) is 9.18 Å². The summed E-state index contributed by atoms with van der Waals surface area (Å²) >= 11 is 1.60. The number of hydrogen-bond acceptors (Lipinski definition) is 2. The normalized spacial score (nSPS) is 17.3. The molecule has 1 N–H and O–H groups in total. The molecule has 0 saturated carbocycles. The molecule has 0 unspecified atom stereocenters. The van der Waals surface area contributed by atoms with E-state index in [1.807, 2.05) is 29.6 Å². The zero-order chi connectivity index (χ0) is 17.9. The van der Waals surface area contributed by atoms with E-state index in [4.69, 9.17) is 0 Å². The molecule has 4 rings (SSSR count). The molecule has 26 heavy (non-hydrogen) atoms. The lowest BCUT2D eigenvalue weighted by molar-refractivity contribution is -0.123. The molecule has 2 aromatic carbocycles. The number of hydrogen-bond donors (Lipinski definition) is 1. The Balaban J connectivity index is 1.62. The number of halogens is 1. The highest BCUT2D eigenvalue weighted by Gasteiger charge is 2.28. The monoisotopic (exact) mass is 365 g/mol. The lowest BCUT2D eigenvalue weighted by Gasteiger charge is -2.27. The van der Waals surface area contributed by atoms with E-state index < -0.39 is 0 Å². The minimum absolute atomic E-state index is 0.0416. The van der Waals surface area contributed by atoms with Crippen molar-refractivity contribution in [3.05, 3.63) is 93.4 Å². The van der Waals surface area contributed by atoms with E-state index in [1.54, 1.807) is 23.5 Å². The Kier molecular flexibility index (Phi) is 4.85. The van der Waals surface area contributed by atoms with Crippen LogP contribution in [0.2, 0.25) is 0 Å². The van der Waals surface area contributed by atoms with Crippen molar-refractivity contribution in [1.82, 2.24) is 5.32 Å². The molecule has 1 heterocycles. The third kappa shape index (κ3) is 3.42. The Morgan fingerprint density at radius 1 is 1.08 bits per heavy atom. The minimum Gasteiger partial charge on any atom is -0.344 e. The van der Waals surface area contributed by atoms with Crippen molar-refractivity contribution in [2.45, 2.75) is 31.2 Å². The van der Waals surface area contributed by atoms with Crippen molar-refractivity contribution in [3.8, 4) is 0 Å². The zero-order valence-electron chi connectivity index (χ0n) is 14.3. The number of rotatable bonds is 4. The molecule has 0 saturated heterocycles. The number of carbonyl (C=O) groups excluding carboxylic acids is 1. The maximum absolute atomic E-state index is 13.3. The summed E-state index contributed by atoms with van der Waals surface area (Å²) in [4.78, 5) is 14.2. The van der Waals surface area contributed by atoms with Crippen LogP contribution in [0.1, 0.15) is 46.4 Å². The Hall–Kier alpha value is -2.46. The van der Waals surface area contributed by atoms with Gasteiger partial charge in [0, 0.05) is 4.88 Å². The number of thiophene rings is 1. The van der Waals surface area contributed by atoms with Crippen LogP contribution in [0.15, 0.2) is 66.0 Å². The molecule has 1 aliphatic carbocycles. The van der Waals surface area contributed by atoms with Crippen LogP contribution in [0, 0.1) is 5.82 Å². The van der Waals surface area contributed by atoms with Crippen molar-refractivity contribution in [2.75, 3.05) is 0 Å². The highest BCUT2D eigenvalue weighted by molar-refractivity contribution is 7.10. The molecule has 0 fully saturated rings. The summed E-state index contributed by atoms with van der Waals surface area (Å²) in [6.45, 7) is 0. The molecule has 3 aromatic rings. The van der Waals surface area contributed by atoms with Crippen LogP contribution in [-0.2, 0) is 11.2 Å². The molecule has 1 amide bonds. The van der Waals surface area contributed by atoms with Gasteiger partial charge in [-0.3, -0.25) is 4.79 Å². The second-order valence-corrected chi connectivity index (χ2v) is 7.63. The van der Waals surface area contributed by atoms with E-state index in [-0.39, 0.29) is 23.7 Å². The van der Waals surface area contributed by atoms with Crippen molar-refractivity contribution in [3.63, 3.8) is 0 Å². The molecule has 0 spiro atoms. The van der Waals surface area contributed by atoms with Gasteiger partial charge in [-0.2, -0.15) is 0 Å². The Labute approximate surface area is 156 Å². The fraction of sp³-hybridized carbons (Fsp3) is 0.227. The standard InChI is InChI=1S/C22H20FNOS/c23-17-12-10-16(11-13-17)21(20-9-4-14-26-20)24-22(25)19-8-3-6-15-5-1-2-7-18(15)19/h1-2,4-5,7,9-14,19,21H,3,6,8H2,(H,24,25)/t19-,21-/m1/s1. The molecule has 2 atom stereocenters. The number of benzene rings is 2. The Morgan fingerprint density at radius 2 is 1.88 bits per heavy atom. The SMILES string of the molecule is O=C(N[C@H](c1ccc(F)cc1)c1cccs1)[C@@H]1CCCc2ccccc21. The molecule has 1 aromatic heterocycles.